The highest BCUT2D eigenvalue weighted by Gasteiger charge is 2.13. The van der Waals surface area contributed by atoms with Gasteiger partial charge in [-0.3, -0.25) is 0 Å². The van der Waals surface area contributed by atoms with Gasteiger partial charge < -0.3 is 14.8 Å². The lowest BCUT2D eigenvalue weighted by Gasteiger charge is -2.21. The van der Waals surface area contributed by atoms with Crippen LogP contribution < -0.4 is 5.32 Å². The first-order valence-electron chi connectivity index (χ1n) is 4.54. The van der Waals surface area contributed by atoms with Crippen molar-refractivity contribution < 1.29 is 9.47 Å². The van der Waals surface area contributed by atoms with Crippen LogP contribution in [0.3, 0.4) is 0 Å². The third kappa shape index (κ3) is 5.80. The Bertz CT molecular complexity index is 149. The van der Waals surface area contributed by atoms with Gasteiger partial charge in [0.1, 0.15) is 0 Å². The van der Waals surface area contributed by atoms with Gasteiger partial charge in [0.15, 0.2) is 6.29 Å². The Labute approximate surface area is 81.1 Å². The van der Waals surface area contributed by atoms with Crippen LogP contribution in [0.25, 0.3) is 0 Å². The van der Waals surface area contributed by atoms with Crippen molar-refractivity contribution in [2.75, 3.05) is 20.8 Å². The van der Waals surface area contributed by atoms with Gasteiger partial charge in [-0.1, -0.05) is 11.6 Å². The van der Waals surface area contributed by atoms with Crippen molar-refractivity contribution in [1.82, 2.24) is 5.32 Å². The van der Waals surface area contributed by atoms with E-state index in [9.17, 15) is 0 Å². The van der Waals surface area contributed by atoms with Gasteiger partial charge in [-0.15, -0.1) is 0 Å². The van der Waals surface area contributed by atoms with Gasteiger partial charge in [0.05, 0.1) is 6.04 Å². The molecule has 0 amide bonds. The molecule has 0 aliphatic carbocycles. The molecule has 3 heteroatoms. The van der Waals surface area contributed by atoms with E-state index >= 15 is 0 Å². The molecule has 1 N–H and O–H groups in total. The Morgan fingerprint density at radius 1 is 1.31 bits per heavy atom. The molecular formula is C10H21NO2. The third-order valence-electron chi connectivity index (χ3n) is 1.82. The molecule has 0 aromatic heterocycles. The van der Waals surface area contributed by atoms with Crippen LogP contribution in [-0.4, -0.2) is 33.1 Å². The molecule has 78 valence electrons. The number of ether oxygens (including phenoxy) is 2. The summed E-state index contributed by atoms with van der Waals surface area (Å²) in [6.45, 7) is 7.05. The van der Waals surface area contributed by atoms with Crippen molar-refractivity contribution in [2.45, 2.75) is 33.1 Å². The van der Waals surface area contributed by atoms with E-state index in [1.165, 1.54) is 5.57 Å². The maximum absolute atomic E-state index is 5.11. The lowest BCUT2D eigenvalue weighted by Crippen LogP contribution is -2.39. The number of nitrogens with one attached hydrogen (secondary N) is 1. The topological polar surface area (TPSA) is 30.5 Å². The summed E-state index contributed by atoms with van der Waals surface area (Å²) in [6.07, 6.45) is 1.96. The van der Waals surface area contributed by atoms with Crippen molar-refractivity contribution in [1.29, 1.82) is 0 Å². The highest BCUT2D eigenvalue weighted by atomic mass is 16.7. The van der Waals surface area contributed by atoms with E-state index in [0.29, 0.717) is 0 Å². The lowest BCUT2D eigenvalue weighted by atomic mass is 10.3. The molecule has 0 rings (SSSR count). The predicted octanol–water partition coefficient (Wildman–Crippen LogP) is 1.55. The molecule has 0 saturated carbocycles. The quantitative estimate of drug-likeness (QED) is 0.505. The zero-order valence-electron chi connectivity index (χ0n) is 9.26. The van der Waals surface area contributed by atoms with Crippen molar-refractivity contribution in [3.63, 3.8) is 0 Å². The van der Waals surface area contributed by atoms with Gasteiger partial charge in [0, 0.05) is 20.8 Å². The monoisotopic (exact) mass is 187 g/mol. The number of methoxy groups -OCH3 is 2. The number of rotatable bonds is 6. The standard InChI is InChI=1S/C10H21NO2/c1-8(2)6-7-11-9(3)10(12-4)13-5/h6,9-11H,7H2,1-5H3. The molecule has 1 atom stereocenters. The summed E-state index contributed by atoms with van der Waals surface area (Å²) < 4.78 is 10.2. The highest BCUT2D eigenvalue weighted by molar-refractivity contribution is 4.94. The predicted molar refractivity (Wildman–Crippen MR) is 54.7 cm³/mol. The number of allylic oxidation sites excluding steroid dienone is 1. The van der Waals surface area contributed by atoms with Gasteiger partial charge in [-0.05, 0) is 20.8 Å². The first kappa shape index (κ1) is 12.6. The molecule has 0 radical (unpaired) electrons. The van der Waals surface area contributed by atoms with Gasteiger partial charge in [-0.25, -0.2) is 0 Å². The molecule has 13 heavy (non-hydrogen) atoms. The minimum atomic E-state index is -0.175. The van der Waals surface area contributed by atoms with Crippen molar-refractivity contribution >= 4 is 0 Å². The van der Waals surface area contributed by atoms with E-state index in [0.717, 1.165) is 6.54 Å². The molecule has 0 saturated heterocycles. The lowest BCUT2D eigenvalue weighted by molar-refractivity contribution is -0.118. The van der Waals surface area contributed by atoms with E-state index in [-0.39, 0.29) is 12.3 Å². The first-order chi connectivity index (χ1) is 6.11. The Kier molecular flexibility index (Phi) is 6.86. The molecule has 0 fully saturated rings. The van der Waals surface area contributed by atoms with Crippen molar-refractivity contribution in [3.8, 4) is 0 Å². The van der Waals surface area contributed by atoms with E-state index in [2.05, 4.69) is 25.2 Å². The fourth-order valence-corrected chi connectivity index (χ4v) is 1.05. The van der Waals surface area contributed by atoms with Gasteiger partial charge in [0.25, 0.3) is 0 Å². The maximum Gasteiger partial charge on any atom is 0.171 e. The van der Waals surface area contributed by atoms with Crippen LogP contribution in [-0.2, 0) is 9.47 Å². The minimum Gasteiger partial charge on any atom is -0.354 e. The first-order valence-corrected chi connectivity index (χ1v) is 4.54. The summed E-state index contributed by atoms with van der Waals surface area (Å²) in [5, 5.41) is 3.29. The van der Waals surface area contributed by atoms with Crippen LogP contribution in [0.5, 0.6) is 0 Å². The van der Waals surface area contributed by atoms with Crippen LogP contribution in [0.4, 0.5) is 0 Å². The zero-order valence-corrected chi connectivity index (χ0v) is 9.26. The summed E-state index contributed by atoms with van der Waals surface area (Å²) in [6, 6.07) is 0.200. The van der Waals surface area contributed by atoms with Gasteiger partial charge in [-0.2, -0.15) is 0 Å². The molecule has 0 spiro atoms. The molecular weight excluding hydrogens is 166 g/mol. The largest absolute Gasteiger partial charge is 0.354 e. The Hall–Kier alpha value is -0.380. The summed E-state index contributed by atoms with van der Waals surface area (Å²) in [5.41, 5.74) is 1.31. The van der Waals surface area contributed by atoms with Crippen molar-refractivity contribution in [2.24, 2.45) is 0 Å². The molecule has 0 bridgehead atoms. The number of hydrogen-bond donors (Lipinski definition) is 1. The third-order valence-corrected chi connectivity index (χ3v) is 1.82. The molecule has 0 aliphatic heterocycles. The fourth-order valence-electron chi connectivity index (χ4n) is 1.05. The van der Waals surface area contributed by atoms with E-state index in [1.807, 2.05) is 6.92 Å². The second-order valence-electron chi connectivity index (χ2n) is 3.32. The molecule has 0 aromatic rings. The van der Waals surface area contributed by atoms with Gasteiger partial charge >= 0.3 is 0 Å². The van der Waals surface area contributed by atoms with Crippen LogP contribution in [0, 0.1) is 0 Å². The molecule has 0 heterocycles. The fraction of sp³-hybridized carbons (Fsp3) is 0.800. The molecule has 3 nitrogen and oxygen atoms in total. The minimum absolute atomic E-state index is 0.175. The second-order valence-corrected chi connectivity index (χ2v) is 3.32. The van der Waals surface area contributed by atoms with Crippen LogP contribution in [0.15, 0.2) is 11.6 Å². The summed E-state index contributed by atoms with van der Waals surface area (Å²) >= 11 is 0. The average molecular weight is 187 g/mol. The zero-order chi connectivity index (χ0) is 10.3. The van der Waals surface area contributed by atoms with Crippen molar-refractivity contribution in [3.05, 3.63) is 11.6 Å². The highest BCUT2D eigenvalue weighted by Crippen LogP contribution is 1.98. The Morgan fingerprint density at radius 3 is 2.23 bits per heavy atom. The van der Waals surface area contributed by atoms with E-state index in [4.69, 9.17) is 9.47 Å². The summed E-state index contributed by atoms with van der Waals surface area (Å²) in [4.78, 5) is 0. The average Bonchev–Trinajstić information content (AvgIpc) is 2.05. The molecule has 0 aliphatic rings. The van der Waals surface area contributed by atoms with Crippen LogP contribution in [0.1, 0.15) is 20.8 Å². The smallest absolute Gasteiger partial charge is 0.171 e. The maximum atomic E-state index is 5.11. The molecule has 1 unspecified atom stereocenters. The SMILES string of the molecule is COC(OC)C(C)NCC=C(C)C. The second kappa shape index (κ2) is 7.06. The Morgan fingerprint density at radius 2 is 1.85 bits per heavy atom. The number of hydrogen-bond acceptors (Lipinski definition) is 3. The normalized spacial score (nSPS) is 13.1. The molecule has 0 aromatic carbocycles. The van der Waals surface area contributed by atoms with Crippen LogP contribution in [0.2, 0.25) is 0 Å². The van der Waals surface area contributed by atoms with Crippen LogP contribution >= 0.6 is 0 Å². The van der Waals surface area contributed by atoms with E-state index in [1.54, 1.807) is 14.2 Å². The summed E-state index contributed by atoms with van der Waals surface area (Å²) in [7, 11) is 3.29. The van der Waals surface area contributed by atoms with Gasteiger partial charge in [0.2, 0.25) is 0 Å². The Balaban J connectivity index is 3.72. The van der Waals surface area contributed by atoms with E-state index < -0.39 is 0 Å². The summed E-state index contributed by atoms with van der Waals surface area (Å²) in [5.74, 6) is 0.